The monoisotopic (exact) mass is 229 g/mol. The lowest BCUT2D eigenvalue weighted by atomic mass is 10.1. The second kappa shape index (κ2) is 4.77. The molecular formula is C10H16ClN3O. The minimum atomic E-state index is -0.415. The first-order valence-electron chi connectivity index (χ1n) is 4.88. The van der Waals surface area contributed by atoms with Crippen LogP contribution in [0, 0.1) is 0 Å². The summed E-state index contributed by atoms with van der Waals surface area (Å²) in [5.41, 5.74) is 0.461. The van der Waals surface area contributed by atoms with E-state index in [0.29, 0.717) is 11.0 Å². The van der Waals surface area contributed by atoms with Crippen LogP contribution in [0.2, 0.25) is 5.15 Å². The largest absolute Gasteiger partial charge is 0.394 e. The molecule has 0 fully saturated rings. The lowest BCUT2D eigenvalue weighted by Gasteiger charge is -2.25. The molecule has 1 aromatic rings. The van der Waals surface area contributed by atoms with E-state index in [1.54, 1.807) is 0 Å². The number of aliphatic hydroxyl groups is 1. The molecule has 15 heavy (non-hydrogen) atoms. The van der Waals surface area contributed by atoms with Gasteiger partial charge in [-0.05, 0) is 20.3 Å². The second-order valence-corrected chi connectivity index (χ2v) is 4.37. The van der Waals surface area contributed by atoms with Crippen molar-refractivity contribution in [1.29, 1.82) is 0 Å². The molecule has 1 rings (SSSR count). The summed E-state index contributed by atoms with van der Waals surface area (Å²) in [6.07, 6.45) is 2.17. The van der Waals surface area contributed by atoms with E-state index < -0.39 is 5.54 Å². The quantitative estimate of drug-likeness (QED) is 0.774. The molecule has 1 heterocycles. The number of hydrogen-bond acceptors (Lipinski definition) is 4. The van der Waals surface area contributed by atoms with Gasteiger partial charge in [0.05, 0.1) is 12.1 Å². The summed E-state index contributed by atoms with van der Waals surface area (Å²) in [7, 11) is 0. The predicted octanol–water partition coefficient (Wildman–Crippen LogP) is 1.88. The van der Waals surface area contributed by atoms with Crippen LogP contribution in [0.1, 0.15) is 26.3 Å². The van der Waals surface area contributed by atoms with E-state index in [1.165, 1.54) is 6.33 Å². The van der Waals surface area contributed by atoms with E-state index in [9.17, 15) is 0 Å². The molecule has 5 heteroatoms. The van der Waals surface area contributed by atoms with Crippen LogP contribution >= 0.6 is 11.6 Å². The highest BCUT2D eigenvalue weighted by molar-refractivity contribution is 6.30. The van der Waals surface area contributed by atoms with Crippen molar-refractivity contribution in [2.75, 3.05) is 11.9 Å². The second-order valence-electron chi connectivity index (χ2n) is 4.01. The molecule has 0 atom stereocenters. The number of nitrogens with one attached hydrogen (secondary N) is 1. The molecule has 0 radical (unpaired) electrons. The van der Waals surface area contributed by atoms with E-state index in [-0.39, 0.29) is 6.61 Å². The van der Waals surface area contributed by atoms with Gasteiger partial charge in [0.1, 0.15) is 17.3 Å². The number of halogens is 1. The average Bonchev–Trinajstić information content (AvgIpc) is 2.18. The third-order valence-electron chi connectivity index (χ3n) is 2.10. The van der Waals surface area contributed by atoms with Crippen molar-refractivity contribution >= 4 is 17.4 Å². The maximum atomic E-state index is 9.15. The first kappa shape index (κ1) is 12.2. The van der Waals surface area contributed by atoms with Gasteiger partial charge in [0.15, 0.2) is 0 Å². The van der Waals surface area contributed by atoms with Gasteiger partial charge in [-0.15, -0.1) is 0 Å². The zero-order chi connectivity index (χ0) is 11.5. The van der Waals surface area contributed by atoms with E-state index in [0.717, 1.165) is 12.0 Å². The molecule has 0 aliphatic heterocycles. The Labute approximate surface area is 94.7 Å². The lowest BCUT2D eigenvalue weighted by molar-refractivity contribution is 0.234. The molecule has 0 aliphatic rings. The van der Waals surface area contributed by atoms with Crippen LogP contribution in [0.25, 0.3) is 0 Å². The van der Waals surface area contributed by atoms with Crippen molar-refractivity contribution in [3.05, 3.63) is 17.0 Å². The average molecular weight is 230 g/mol. The Morgan fingerprint density at radius 2 is 2.13 bits per heavy atom. The van der Waals surface area contributed by atoms with E-state index in [2.05, 4.69) is 15.3 Å². The lowest BCUT2D eigenvalue weighted by Crippen LogP contribution is -2.35. The maximum Gasteiger partial charge on any atom is 0.137 e. The maximum absolute atomic E-state index is 9.15. The zero-order valence-electron chi connectivity index (χ0n) is 9.21. The van der Waals surface area contributed by atoms with Crippen molar-refractivity contribution in [3.63, 3.8) is 0 Å². The molecule has 0 saturated heterocycles. The van der Waals surface area contributed by atoms with E-state index in [4.69, 9.17) is 16.7 Å². The fourth-order valence-corrected chi connectivity index (χ4v) is 1.44. The Hall–Kier alpha value is -0.870. The topological polar surface area (TPSA) is 58.0 Å². The number of nitrogens with zero attached hydrogens (tertiary/aromatic N) is 2. The Balaban J connectivity index is 2.99. The summed E-state index contributed by atoms with van der Waals surface area (Å²) < 4.78 is 0. The van der Waals surface area contributed by atoms with Crippen LogP contribution in [0.4, 0.5) is 5.82 Å². The van der Waals surface area contributed by atoms with Gasteiger partial charge in [0.2, 0.25) is 0 Å². The summed E-state index contributed by atoms with van der Waals surface area (Å²) in [5.74, 6) is 0.691. The molecule has 0 amide bonds. The van der Waals surface area contributed by atoms with Crippen molar-refractivity contribution in [1.82, 2.24) is 9.97 Å². The number of hydrogen-bond donors (Lipinski definition) is 2. The summed E-state index contributed by atoms with van der Waals surface area (Å²) in [6, 6.07) is 0. The first-order valence-corrected chi connectivity index (χ1v) is 5.26. The number of rotatable bonds is 4. The van der Waals surface area contributed by atoms with Gasteiger partial charge in [-0.1, -0.05) is 18.5 Å². The molecule has 1 aromatic heterocycles. The minimum Gasteiger partial charge on any atom is -0.394 e. The SMILES string of the molecule is CCc1c(Cl)ncnc1NC(C)(C)CO. The molecule has 0 saturated carbocycles. The third-order valence-corrected chi connectivity index (χ3v) is 2.42. The molecule has 0 aromatic carbocycles. The van der Waals surface area contributed by atoms with Crippen LogP contribution in [0.3, 0.4) is 0 Å². The Morgan fingerprint density at radius 1 is 1.47 bits per heavy atom. The molecule has 4 nitrogen and oxygen atoms in total. The van der Waals surface area contributed by atoms with Gasteiger partial charge in [-0.3, -0.25) is 0 Å². The van der Waals surface area contributed by atoms with Crippen LogP contribution in [0.5, 0.6) is 0 Å². The number of anilines is 1. The zero-order valence-corrected chi connectivity index (χ0v) is 9.97. The number of aromatic nitrogens is 2. The highest BCUT2D eigenvalue weighted by atomic mass is 35.5. The van der Waals surface area contributed by atoms with Crippen LogP contribution < -0.4 is 5.32 Å². The Kier molecular flexibility index (Phi) is 3.88. The fourth-order valence-electron chi connectivity index (χ4n) is 1.17. The van der Waals surface area contributed by atoms with Gasteiger partial charge >= 0.3 is 0 Å². The molecule has 0 bridgehead atoms. The van der Waals surface area contributed by atoms with Gasteiger partial charge in [-0.25, -0.2) is 9.97 Å². The highest BCUT2D eigenvalue weighted by Crippen LogP contribution is 2.22. The molecular weight excluding hydrogens is 214 g/mol. The molecule has 0 unspecified atom stereocenters. The Bertz CT molecular complexity index is 341. The van der Waals surface area contributed by atoms with Crippen molar-refractivity contribution in [3.8, 4) is 0 Å². The summed E-state index contributed by atoms with van der Waals surface area (Å²) in [4.78, 5) is 8.04. The van der Waals surface area contributed by atoms with E-state index >= 15 is 0 Å². The molecule has 0 spiro atoms. The van der Waals surface area contributed by atoms with Crippen LogP contribution in [0.15, 0.2) is 6.33 Å². The van der Waals surface area contributed by atoms with Gasteiger partial charge < -0.3 is 10.4 Å². The summed E-state index contributed by atoms with van der Waals surface area (Å²) in [5, 5.41) is 12.8. The van der Waals surface area contributed by atoms with Crippen molar-refractivity contribution in [2.24, 2.45) is 0 Å². The van der Waals surface area contributed by atoms with Gasteiger partial charge in [0.25, 0.3) is 0 Å². The normalized spacial score (nSPS) is 11.5. The van der Waals surface area contributed by atoms with Crippen LogP contribution in [-0.2, 0) is 6.42 Å². The molecule has 84 valence electrons. The fraction of sp³-hybridized carbons (Fsp3) is 0.600. The number of aliphatic hydroxyl groups excluding tert-OH is 1. The van der Waals surface area contributed by atoms with Crippen molar-refractivity contribution in [2.45, 2.75) is 32.7 Å². The van der Waals surface area contributed by atoms with E-state index in [1.807, 2.05) is 20.8 Å². The molecule has 2 N–H and O–H groups in total. The van der Waals surface area contributed by atoms with Crippen molar-refractivity contribution < 1.29 is 5.11 Å². The minimum absolute atomic E-state index is 0.0256. The Morgan fingerprint density at radius 3 is 2.67 bits per heavy atom. The summed E-state index contributed by atoms with van der Waals surface area (Å²) in [6.45, 7) is 5.80. The summed E-state index contributed by atoms with van der Waals surface area (Å²) >= 11 is 5.95. The van der Waals surface area contributed by atoms with Gasteiger partial charge in [-0.2, -0.15) is 0 Å². The predicted molar refractivity (Wildman–Crippen MR) is 61.2 cm³/mol. The first-order chi connectivity index (χ1) is 7.00. The van der Waals surface area contributed by atoms with Gasteiger partial charge in [0, 0.05) is 5.56 Å². The molecule has 0 aliphatic carbocycles. The standard InChI is InChI=1S/C10H16ClN3O/c1-4-7-8(11)12-6-13-9(7)14-10(2,3)5-15/h6,15H,4-5H2,1-3H3,(H,12,13,14). The third kappa shape index (κ3) is 3.04. The smallest absolute Gasteiger partial charge is 0.137 e. The van der Waals surface area contributed by atoms with Crippen LogP contribution in [-0.4, -0.2) is 27.2 Å². The highest BCUT2D eigenvalue weighted by Gasteiger charge is 2.19.